The number of nitrogens with zero attached hydrogens (tertiary/aromatic N) is 1. The van der Waals surface area contributed by atoms with E-state index in [-0.39, 0.29) is 24.3 Å². The number of benzene rings is 1. The molecule has 1 atom stereocenters. The highest BCUT2D eigenvalue weighted by atomic mass is 16.2. The van der Waals surface area contributed by atoms with Gasteiger partial charge in [0.25, 0.3) is 0 Å². The third kappa shape index (κ3) is 3.89. The van der Waals surface area contributed by atoms with E-state index in [1.165, 1.54) is 0 Å². The van der Waals surface area contributed by atoms with Crippen LogP contribution < -0.4 is 16.3 Å². The largest absolute Gasteiger partial charge is 0.291 e. The number of carbonyl (C=O) groups is 2. The minimum absolute atomic E-state index is 0.0956. The molecule has 0 bridgehead atoms. The second-order valence-electron chi connectivity index (χ2n) is 4.40. The van der Waals surface area contributed by atoms with Gasteiger partial charge >= 0.3 is 0 Å². The molecule has 0 spiro atoms. The second kappa shape index (κ2) is 6.10. The Balaban J connectivity index is 1.84. The van der Waals surface area contributed by atoms with Gasteiger partial charge in [-0.3, -0.25) is 15.0 Å². The van der Waals surface area contributed by atoms with Crippen LogP contribution in [0.3, 0.4) is 0 Å². The molecule has 1 aromatic rings. The summed E-state index contributed by atoms with van der Waals surface area (Å²) in [4.78, 5) is 22.6. The number of hydrazone groups is 1. The molecule has 19 heavy (non-hydrogen) atoms. The van der Waals surface area contributed by atoms with E-state index in [0.29, 0.717) is 6.42 Å². The third-order valence-corrected chi connectivity index (χ3v) is 2.82. The average Bonchev–Trinajstić information content (AvgIpc) is 2.82. The zero-order valence-electron chi connectivity index (χ0n) is 10.6. The first-order valence-corrected chi connectivity index (χ1v) is 6.08. The van der Waals surface area contributed by atoms with Crippen LogP contribution in [0.25, 0.3) is 0 Å². The SMILES string of the molecule is C/C(=N\NC(=O)CC1CC(=O)NN1)c1ccccc1. The highest BCUT2D eigenvalue weighted by Crippen LogP contribution is 2.03. The molecule has 1 heterocycles. The lowest BCUT2D eigenvalue weighted by molar-refractivity contribution is -0.121. The summed E-state index contributed by atoms with van der Waals surface area (Å²) >= 11 is 0. The predicted molar refractivity (Wildman–Crippen MR) is 71.1 cm³/mol. The number of nitrogens with one attached hydrogen (secondary N) is 3. The number of hydrogen-bond donors (Lipinski definition) is 3. The van der Waals surface area contributed by atoms with E-state index >= 15 is 0 Å². The van der Waals surface area contributed by atoms with Crippen LogP contribution in [0.2, 0.25) is 0 Å². The van der Waals surface area contributed by atoms with Crippen molar-refractivity contribution >= 4 is 17.5 Å². The molecule has 2 amide bonds. The standard InChI is InChI=1S/C13H16N4O2/c1-9(10-5-3-2-4-6-10)14-16-12(18)7-11-8-13(19)17-15-11/h2-6,11,15H,7-8H2,1H3,(H,16,18)(H,17,19)/b14-9+. The van der Waals surface area contributed by atoms with Crippen molar-refractivity contribution in [3.05, 3.63) is 35.9 Å². The highest BCUT2D eigenvalue weighted by Gasteiger charge is 2.23. The lowest BCUT2D eigenvalue weighted by Crippen LogP contribution is -2.35. The van der Waals surface area contributed by atoms with Gasteiger partial charge in [0.2, 0.25) is 11.8 Å². The van der Waals surface area contributed by atoms with E-state index < -0.39 is 0 Å². The molecule has 100 valence electrons. The van der Waals surface area contributed by atoms with Crippen molar-refractivity contribution in [3.8, 4) is 0 Å². The highest BCUT2D eigenvalue weighted by molar-refractivity contribution is 5.99. The van der Waals surface area contributed by atoms with Crippen LogP contribution in [-0.4, -0.2) is 23.6 Å². The zero-order valence-corrected chi connectivity index (χ0v) is 10.6. The topological polar surface area (TPSA) is 82.6 Å². The first-order chi connectivity index (χ1) is 9.15. The van der Waals surface area contributed by atoms with Gasteiger partial charge in [0, 0.05) is 18.9 Å². The molecule has 1 fully saturated rings. The van der Waals surface area contributed by atoms with E-state index in [1.807, 2.05) is 37.3 Å². The lowest BCUT2D eigenvalue weighted by Gasteiger charge is -2.07. The Bertz CT molecular complexity index is 499. The van der Waals surface area contributed by atoms with E-state index in [0.717, 1.165) is 11.3 Å². The molecule has 6 nitrogen and oxygen atoms in total. The van der Waals surface area contributed by atoms with Gasteiger partial charge in [-0.25, -0.2) is 10.9 Å². The fraction of sp³-hybridized carbons (Fsp3) is 0.308. The maximum absolute atomic E-state index is 11.6. The van der Waals surface area contributed by atoms with Crippen molar-refractivity contribution in [1.29, 1.82) is 0 Å². The molecule has 0 aliphatic carbocycles. The normalized spacial score (nSPS) is 19.1. The van der Waals surface area contributed by atoms with Gasteiger partial charge in [0.15, 0.2) is 0 Å². The molecule has 1 aliphatic heterocycles. The van der Waals surface area contributed by atoms with Gasteiger partial charge in [-0.2, -0.15) is 5.10 Å². The zero-order chi connectivity index (χ0) is 13.7. The van der Waals surface area contributed by atoms with Gasteiger partial charge < -0.3 is 0 Å². The van der Waals surface area contributed by atoms with Crippen molar-refractivity contribution in [2.24, 2.45) is 5.10 Å². The summed E-state index contributed by atoms with van der Waals surface area (Å²) in [6, 6.07) is 9.43. The molecule has 1 saturated heterocycles. The van der Waals surface area contributed by atoms with Gasteiger partial charge in [-0.15, -0.1) is 0 Å². The first-order valence-electron chi connectivity index (χ1n) is 6.08. The lowest BCUT2D eigenvalue weighted by atomic mass is 10.1. The third-order valence-electron chi connectivity index (χ3n) is 2.82. The molecular formula is C13H16N4O2. The first kappa shape index (κ1) is 13.2. The van der Waals surface area contributed by atoms with Crippen molar-refractivity contribution in [1.82, 2.24) is 16.3 Å². The summed E-state index contributed by atoms with van der Waals surface area (Å²) in [5.41, 5.74) is 9.40. The number of hydrazine groups is 1. The maximum atomic E-state index is 11.6. The van der Waals surface area contributed by atoms with Crippen molar-refractivity contribution in [2.45, 2.75) is 25.8 Å². The fourth-order valence-electron chi connectivity index (χ4n) is 1.79. The van der Waals surface area contributed by atoms with Crippen LogP contribution >= 0.6 is 0 Å². The fourth-order valence-corrected chi connectivity index (χ4v) is 1.79. The molecule has 0 saturated carbocycles. The molecule has 0 aromatic heterocycles. The average molecular weight is 260 g/mol. The summed E-state index contributed by atoms with van der Waals surface area (Å²) in [6.45, 7) is 1.83. The van der Waals surface area contributed by atoms with Crippen LogP contribution in [0.5, 0.6) is 0 Å². The van der Waals surface area contributed by atoms with Gasteiger partial charge in [-0.05, 0) is 12.5 Å². The number of carbonyl (C=O) groups excluding carboxylic acids is 2. The monoisotopic (exact) mass is 260 g/mol. The molecule has 1 unspecified atom stereocenters. The molecule has 0 radical (unpaired) electrons. The smallest absolute Gasteiger partial charge is 0.241 e. The molecule has 2 rings (SSSR count). The molecule has 6 heteroatoms. The Kier molecular flexibility index (Phi) is 4.25. The van der Waals surface area contributed by atoms with Crippen molar-refractivity contribution < 1.29 is 9.59 Å². The summed E-state index contributed by atoms with van der Waals surface area (Å²) < 4.78 is 0. The molecule has 1 aromatic carbocycles. The maximum Gasteiger partial charge on any atom is 0.241 e. The minimum atomic E-state index is -0.218. The van der Waals surface area contributed by atoms with Gasteiger partial charge in [0.1, 0.15) is 0 Å². The number of hydrogen-bond acceptors (Lipinski definition) is 4. The summed E-state index contributed by atoms with van der Waals surface area (Å²) in [5, 5.41) is 4.04. The molecule has 3 N–H and O–H groups in total. The van der Waals surface area contributed by atoms with Crippen molar-refractivity contribution in [2.75, 3.05) is 0 Å². The molecular weight excluding hydrogens is 244 g/mol. The Labute approximate surface area is 111 Å². The van der Waals surface area contributed by atoms with Crippen LogP contribution in [-0.2, 0) is 9.59 Å². The minimum Gasteiger partial charge on any atom is -0.291 e. The van der Waals surface area contributed by atoms with E-state index in [4.69, 9.17) is 0 Å². The van der Waals surface area contributed by atoms with E-state index in [2.05, 4.69) is 21.4 Å². The van der Waals surface area contributed by atoms with E-state index in [9.17, 15) is 9.59 Å². The summed E-state index contributed by atoms with van der Waals surface area (Å²) in [5.74, 6) is -0.314. The quantitative estimate of drug-likeness (QED) is 0.538. The molecule has 1 aliphatic rings. The van der Waals surface area contributed by atoms with Gasteiger partial charge in [0.05, 0.1) is 5.71 Å². The van der Waals surface area contributed by atoms with Crippen LogP contribution in [0.4, 0.5) is 0 Å². The van der Waals surface area contributed by atoms with Gasteiger partial charge in [-0.1, -0.05) is 30.3 Å². The van der Waals surface area contributed by atoms with Crippen LogP contribution in [0.1, 0.15) is 25.3 Å². The number of rotatable bonds is 4. The summed E-state index contributed by atoms with van der Waals surface area (Å²) in [6.07, 6.45) is 0.527. The van der Waals surface area contributed by atoms with Crippen LogP contribution in [0.15, 0.2) is 35.4 Å². The Morgan fingerprint density at radius 3 is 2.79 bits per heavy atom. The number of amides is 2. The summed E-state index contributed by atoms with van der Waals surface area (Å²) in [7, 11) is 0. The second-order valence-corrected chi connectivity index (χ2v) is 4.40. The van der Waals surface area contributed by atoms with Crippen LogP contribution in [0, 0.1) is 0 Å². The Morgan fingerprint density at radius 2 is 2.16 bits per heavy atom. The Hall–Kier alpha value is -2.21. The van der Waals surface area contributed by atoms with E-state index in [1.54, 1.807) is 0 Å². The Morgan fingerprint density at radius 1 is 1.42 bits per heavy atom. The predicted octanol–water partition coefficient (Wildman–Crippen LogP) is 0.310. The van der Waals surface area contributed by atoms with Crippen molar-refractivity contribution in [3.63, 3.8) is 0 Å².